The van der Waals surface area contributed by atoms with Crippen molar-refractivity contribution >= 4 is 5.97 Å². The summed E-state index contributed by atoms with van der Waals surface area (Å²) >= 11 is 0. The number of unbranched alkanes of at least 4 members (excludes halogenated alkanes) is 9. The number of hydrogen-bond donors (Lipinski definition) is 0. The van der Waals surface area contributed by atoms with Crippen LogP contribution in [0.1, 0.15) is 71.1 Å². The molecule has 17 heavy (non-hydrogen) atoms. The molecule has 0 radical (unpaired) electrons. The van der Waals surface area contributed by atoms with Crippen LogP contribution in [0, 0.1) is 0 Å². The predicted octanol–water partition coefficient (Wildman–Crippen LogP) is 0.217. The monoisotopic (exact) mass is 248 g/mol. The summed E-state index contributed by atoms with van der Waals surface area (Å²) in [6.45, 7) is 2.24. The van der Waals surface area contributed by atoms with Gasteiger partial charge in [0, 0.05) is 0 Å². The zero-order valence-electron chi connectivity index (χ0n) is 11.5. The summed E-state index contributed by atoms with van der Waals surface area (Å²) in [4.78, 5) is 10.1. The second-order valence-corrected chi connectivity index (χ2v) is 4.34. The molecule has 0 aliphatic carbocycles. The van der Waals surface area contributed by atoms with E-state index in [9.17, 15) is 9.90 Å². The normalized spacial score (nSPS) is 10.4. The molecular weight excluding hydrogens is 223 g/mol. The first-order chi connectivity index (χ1) is 7.77. The van der Waals surface area contributed by atoms with Gasteiger partial charge in [-0.05, 0) is 18.9 Å². The molecular formula is C14H25NaO2. The van der Waals surface area contributed by atoms with E-state index in [0.717, 1.165) is 18.9 Å². The fraction of sp³-hybridized carbons (Fsp3) is 0.786. The van der Waals surface area contributed by atoms with Crippen molar-refractivity contribution in [3.63, 3.8) is 0 Å². The Morgan fingerprint density at radius 1 is 0.941 bits per heavy atom. The van der Waals surface area contributed by atoms with E-state index >= 15 is 0 Å². The molecule has 0 N–H and O–H groups in total. The Hall–Kier alpha value is 0.210. The summed E-state index contributed by atoms with van der Waals surface area (Å²) in [6.07, 6.45) is 15.4. The van der Waals surface area contributed by atoms with Crippen LogP contribution in [0.5, 0.6) is 0 Å². The standard InChI is InChI=1S/C14H26O2.Na/c1-2-3-4-5-6-7-8-9-10-11-12-13-14(15)16;/h12-13H,2-11H2,1H3,(H,15,16);/q;+1/p-1/b13-12+;. The van der Waals surface area contributed by atoms with Crippen LogP contribution in [0.4, 0.5) is 0 Å². The molecule has 0 atom stereocenters. The van der Waals surface area contributed by atoms with Crippen LogP contribution in [-0.2, 0) is 4.79 Å². The van der Waals surface area contributed by atoms with Gasteiger partial charge in [-0.15, -0.1) is 0 Å². The van der Waals surface area contributed by atoms with E-state index in [2.05, 4.69) is 6.92 Å². The maximum absolute atomic E-state index is 10.1. The molecule has 0 bridgehead atoms. The number of aliphatic carboxylic acids is 1. The first-order valence-corrected chi connectivity index (χ1v) is 6.65. The van der Waals surface area contributed by atoms with E-state index in [1.807, 2.05) is 0 Å². The summed E-state index contributed by atoms with van der Waals surface area (Å²) in [6, 6.07) is 0. The molecule has 0 aromatic rings. The van der Waals surface area contributed by atoms with Crippen LogP contribution < -0.4 is 34.7 Å². The fourth-order valence-corrected chi connectivity index (χ4v) is 1.75. The number of hydrogen-bond acceptors (Lipinski definition) is 2. The van der Waals surface area contributed by atoms with Crippen LogP contribution in [0.3, 0.4) is 0 Å². The second-order valence-electron chi connectivity index (χ2n) is 4.34. The molecule has 3 heteroatoms. The van der Waals surface area contributed by atoms with Crippen LogP contribution in [-0.4, -0.2) is 5.97 Å². The van der Waals surface area contributed by atoms with Gasteiger partial charge < -0.3 is 9.90 Å². The van der Waals surface area contributed by atoms with Gasteiger partial charge >= 0.3 is 29.6 Å². The molecule has 0 unspecified atom stereocenters. The van der Waals surface area contributed by atoms with Crippen molar-refractivity contribution in [3.05, 3.63) is 12.2 Å². The van der Waals surface area contributed by atoms with Crippen molar-refractivity contribution < 1.29 is 39.5 Å². The van der Waals surface area contributed by atoms with Gasteiger partial charge in [-0.1, -0.05) is 64.4 Å². The van der Waals surface area contributed by atoms with Gasteiger partial charge in [0.25, 0.3) is 0 Å². The average molecular weight is 248 g/mol. The van der Waals surface area contributed by atoms with Gasteiger partial charge in [0.2, 0.25) is 0 Å². The third kappa shape index (κ3) is 18.8. The van der Waals surface area contributed by atoms with E-state index < -0.39 is 5.97 Å². The molecule has 0 aliphatic rings. The number of carbonyl (C=O) groups is 1. The van der Waals surface area contributed by atoms with Crippen molar-refractivity contribution in [2.75, 3.05) is 0 Å². The SMILES string of the molecule is CCCCCCCCCCC/C=C/C(=O)[O-].[Na+]. The Morgan fingerprint density at radius 2 is 1.41 bits per heavy atom. The fourth-order valence-electron chi connectivity index (χ4n) is 1.75. The molecule has 2 nitrogen and oxygen atoms in total. The average Bonchev–Trinajstić information content (AvgIpc) is 2.25. The minimum absolute atomic E-state index is 0. The molecule has 0 rings (SSSR count). The van der Waals surface area contributed by atoms with Gasteiger partial charge in [0.05, 0.1) is 5.97 Å². The van der Waals surface area contributed by atoms with E-state index in [-0.39, 0.29) is 29.6 Å². The molecule has 0 aliphatic heterocycles. The number of allylic oxidation sites excluding steroid dienone is 1. The molecule has 0 saturated carbocycles. The van der Waals surface area contributed by atoms with Gasteiger partial charge in [-0.2, -0.15) is 0 Å². The minimum atomic E-state index is -1.09. The summed E-state index contributed by atoms with van der Waals surface area (Å²) in [5.74, 6) is -1.09. The van der Waals surface area contributed by atoms with E-state index in [4.69, 9.17) is 0 Å². The largest absolute Gasteiger partial charge is 1.00 e. The molecule has 0 spiro atoms. The molecule has 0 heterocycles. The van der Waals surface area contributed by atoms with Crippen LogP contribution in [0.15, 0.2) is 12.2 Å². The number of rotatable bonds is 11. The van der Waals surface area contributed by atoms with Crippen molar-refractivity contribution in [2.24, 2.45) is 0 Å². The number of carboxylic acids is 1. The molecule has 94 valence electrons. The molecule has 0 aromatic heterocycles. The summed E-state index contributed by atoms with van der Waals surface area (Å²) in [7, 11) is 0. The van der Waals surface area contributed by atoms with Crippen LogP contribution in [0.2, 0.25) is 0 Å². The maximum Gasteiger partial charge on any atom is 1.00 e. The van der Waals surface area contributed by atoms with E-state index in [0.29, 0.717) is 0 Å². The third-order valence-electron chi connectivity index (χ3n) is 2.73. The maximum atomic E-state index is 10.1. The third-order valence-corrected chi connectivity index (χ3v) is 2.73. The number of carbonyl (C=O) groups excluding carboxylic acids is 1. The Kier molecular flexibility index (Phi) is 18.6. The van der Waals surface area contributed by atoms with Crippen LogP contribution >= 0.6 is 0 Å². The Labute approximate surface area is 128 Å². The Balaban J connectivity index is 0. The Morgan fingerprint density at radius 3 is 1.88 bits per heavy atom. The van der Waals surface area contributed by atoms with Crippen molar-refractivity contribution in [1.82, 2.24) is 0 Å². The minimum Gasteiger partial charge on any atom is -0.545 e. The molecule has 0 amide bonds. The zero-order valence-corrected chi connectivity index (χ0v) is 13.5. The topological polar surface area (TPSA) is 40.1 Å². The van der Waals surface area contributed by atoms with E-state index in [1.165, 1.54) is 51.4 Å². The van der Waals surface area contributed by atoms with Crippen molar-refractivity contribution in [3.8, 4) is 0 Å². The van der Waals surface area contributed by atoms with Gasteiger partial charge in [-0.25, -0.2) is 0 Å². The quantitative estimate of drug-likeness (QED) is 0.298. The van der Waals surface area contributed by atoms with Gasteiger partial charge in [-0.3, -0.25) is 0 Å². The van der Waals surface area contributed by atoms with E-state index in [1.54, 1.807) is 6.08 Å². The molecule has 0 aromatic carbocycles. The predicted molar refractivity (Wildman–Crippen MR) is 66.0 cm³/mol. The molecule has 0 saturated heterocycles. The summed E-state index contributed by atoms with van der Waals surface area (Å²) in [5.41, 5.74) is 0. The van der Waals surface area contributed by atoms with Gasteiger partial charge in [0.15, 0.2) is 0 Å². The molecule has 0 fully saturated rings. The van der Waals surface area contributed by atoms with Crippen LogP contribution in [0.25, 0.3) is 0 Å². The van der Waals surface area contributed by atoms with Crippen molar-refractivity contribution in [1.29, 1.82) is 0 Å². The number of carboxylic acid groups (broad SMARTS) is 1. The zero-order chi connectivity index (χ0) is 12.1. The van der Waals surface area contributed by atoms with Gasteiger partial charge in [0.1, 0.15) is 0 Å². The van der Waals surface area contributed by atoms with Crippen molar-refractivity contribution in [2.45, 2.75) is 71.1 Å². The summed E-state index contributed by atoms with van der Waals surface area (Å²) < 4.78 is 0. The second kappa shape index (κ2) is 16.2. The first kappa shape index (κ1) is 19.5. The Bertz CT molecular complexity index is 191. The first-order valence-electron chi connectivity index (χ1n) is 6.65. The summed E-state index contributed by atoms with van der Waals surface area (Å²) in [5, 5.41) is 10.1. The smallest absolute Gasteiger partial charge is 0.545 e.